The molecular formula is C19H34NO+. The quantitative estimate of drug-likeness (QED) is 0.708. The van der Waals surface area contributed by atoms with E-state index in [0.717, 1.165) is 36.5 Å². The maximum atomic E-state index is 10.1. The number of rotatable bonds is 0. The van der Waals surface area contributed by atoms with E-state index in [1.54, 1.807) is 0 Å². The van der Waals surface area contributed by atoms with E-state index < -0.39 is 0 Å². The van der Waals surface area contributed by atoms with Crippen LogP contribution in [0.3, 0.4) is 0 Å². The fourth-order valence-corrected chi connectivity index (χ4v) is 7.34. The maximum Gasteiger partial charge on any atom is 0.0900 e. The molecule has 0 aromatic rings. The molecule has 4 aliphatic rings. The van der Waals surface area contributed by atoms with Gasteiger partial charge in [-0.15, -0.1) is 0 Å². The van der Waals surface area contributed by atoms with Crippen LogP contribution in [0.15, 0.2) is 0 Å². The Hall–Kier alpha value is -0.0800. The molecule has 4 saturated carbocycles. The van der Waals surface area contributed by atoms with E-state index in [1.165, 1.54) is 44.9 Å². The zero-order valence-electron chi connectivity index (χ0n) is 14.0. The Bertz CT molecular complexity index is 424. The molecule has 2 nitrogen and oxygen atoms in total. The summed E-state index contributed by atoms with van der Waals surface area (Å²) < 4.78 is 0. The van der Waals surface area contributed by atoms with Crippen molar-refractivity contribution in [2.24, 2.45) is 34.5 Å². The Kier molecular flexibility index (Phi) is 3.25. The second-order valence-corrected chi connectivity index (χ2v) is 9.40. The zero-order chi connectivity index (χ0) is 14.8. The minimum Gasteiger partial charge on any atom is -0.393 e. The van der Waals surface area contributed by atoms with Gasteiger partial charge in [0.25, 0.3) is 0 Å². The van der Waals surface area contributed by atoms with Crippen LogP contribution in [-0.2, 0) is 0 Å². The number of aliphatic hydroxyl groups excluding tert-OH is 1. The van der Waals surface area contributed by atoms with Crippen molar-refractivity contribution in [2.75, 3.05) is 0 Å². The van der Waals surface area contributed by atoms with E-state index in [4.69, 9.17) is 0 Å². The summed E-state index contributed by atoms with van der Waals surface area (Å²) in [7, 11) is 0. The van der Waals surface area contributed by atoms with Crippen molar-refractivity contribution >= 4 is 0 Å². The van der Waals surface area contributed by atoms with E-state index in [9.17, 15) is 5.11 Å². The lowest BCUT2D eigenvalue weighted by Gasteiger charge is -2.60. The van der Waals surface area contributed by atoms with Crippen LogP contribution in [0.1, 0.15) is 71.6 Å². The number of hydrogen-bond acceptors (Lipinski definition) is 1. The van der Waals surface area contributed by atoms with Crippen molar-refractivity contribution in [1.82, 2.24) is 0 Å². The molecule has 120 valence electrons. The molecule has 4 N–H and O–H groups in total. The summed E-state index contributed by atoms with van der Waals surface area (Å²) in [6.45, 7) is 5.14. The van der Waals surface area contributed by atoms with Gasteiger partial charge in [0, 0.05) is 11.8 Å². The number of fused-ring (bicyclic) bond motifs is 5. The van der Waals surface area contributed by atoms with Gasteiger partial charge in [-0.3, -0.25) is 0 Å². The summed E-state index contributed by atoms with van der Waals surface area (Å²) in [6.07, 6.45) is 11.9. The van der Waals surface area contributed by atoms with Crippen LogP contribution in [-0.4, -0.2) is 17.3 Å². The molecule has 0 aliphatic heterocycles. The highest BCUT2D eigenvalue weighted by atomic mass is 16.3. The van der Waals surface area contributed by atoms with Crippen molar-refractivity contribution < 1.29 is 10.8 Å². The first-order valence-electron chi connectivity index (χ1n) is 9.46. The molecule has 0 radical (unpaired) electrons. The molecule has 0 unspecified atom stereocenters. The fraction of sp³-hybridized carbons (Fsp3) is 1.00. The molecule has 0 aromatic heterocycles. The van der Waals surface area contributed by atoms with Crippen molar-refractivity contribution in [3.05, 3.63) is 0 Å². The van der Waals surface area contributed by atoms with Crippen LogP contribution < -0.4 is 5.73 Å². The van der Waals surface area contributed by atoms with E-state index in [2.05, 4.69) is 19.6 Å². The molecule has 0 amide bonds. The lowest BCUT2D eigenvalue weighted by Crippen LogP contribution is -2.68. The maximum absolute atomic E-state index is 10.1. The van der Waals surface area contributed by atoms with Gasteiger partial charge in [-0.1, -0.05) is 13.8 Å². The SMILES string of the molecule is C[C@]12CC[C@@H](O)C[C@@H]1CC[C@@H]1[C@@H]2CC[C@]2(C)[C@@H]([NH3+])CC[C@@H]12. The highest BCUT2D eigenvalue weighted by Gasteiger charge is 2.60. The highest BCUT2D eigenvalue weighted by Crippen LogP contribution is 2.65. The third-order valence-electron chi connectivity index (χ3n) is 8.83. The Balaban J connectivity index is 1.62. The predicted octanol–water partition coefficient (Wildman–Crippen LogP) is 3.00. The first-order chi connectivity index (χ1) is 9.95. The monoisotopic (exact) mass is 292 g/mol. The highest BCUT2D eigenvalue weighted by molar-refractivity contribution is 5.09. The first-order valence-corrected chi connectivity index (χ1v) is 9.46. The van der Waals surface area contributed by atoms with Gasteiger partial charge < -0.3 is 10.8 Å². The second-order valence-electron chi connectivity index (χ2n) is 9.40. The second kappa shape index (κ2) is 4.71. The standard InChI is InChI=1S/C19H33NO/c1-18-9-7-13(21)11-12(18)3-4-14-15-5-6-17(20)19(15,2)10-8-16(14)18/h12-17,21H,3-11,20H2,1-2H3/p+1/t12-,13+,14-,15-,16-,17-,18-,19-/m0/s1. The molecule has 0 bridgehead atoms. The topological polar surface area (TPSA) is 47.9 Å². The smallest absolute Gasteiger partial charge is 0.0900 e. The minimum atomic E-state index is -0.0100. The van der Waals surface area contributed by atoms with Gasteiger partial charge in [0.1, 0.15) is 0 Å². The van der Waals surface area contributed by atoms with E-state index in [0.29, 0.717) is 16.9 Å². The van der Waals surface area contributed by atoms with Crippen LogP contribution in [0, 0.1) is 34.5 Å². The summed E-state index contributed by atoms with van der Waals surface area (Å²) in [6, 6.07) is 0.696. The minimum absolute atomic E-state index is 0.0100. The molecule has 0 heterocycles. The zero-order valence-corrected chi connectivity index (χ0v) is 14.0. The third kappa shape index (κ3) is 1.91. The molecule has 2 heteroatoms. The molecule has 4 fully saturated rings. The summed E-state index contributed by atoms with van der Waals surface area (Å²) in [5, 5.41) is 10.1. The number of quaternary nitrogens is 1. The molecule has 0 saturated heterocycles. The van der Waals surface area contributed by atoms with Crippen molar-refractivity contribution in [3.8, 4) is 0 Å². The lowest BCUT2D eigenvalue weighted by molar-refractivity contribution is -0.445. The number of hydrogen-bond donors (Lipinski definition) is 2. The van der Waals surface area contributed by atoms with Gasteiger partial charge in [0.05, 0.1) is 12.1 Å². The fourth-order valence-electron chi connectivity index (χ4n) is 7.34. The van der Waals surface area contributed by atoms with Gasteiger partial charge in [-0.25, -0.2) is 0 Å². The molecule has 4 rings (SSSR count). The summed E-state index contributed by atoms with van der Waals surface area (Å²) >= 11 is 0. The Morgan fingerprint density at radius 1 is 0.857 bits per heavy atom. The molecular weight excluding hydrogens is 258 g/mol. The Labute approximate surface area is 129 Å². The Morgan fingerprint density at radius 3 is 2.38 bits per heavy atom. The van der Waals surface area contributed by atoms with E-state index in [-0.39, 0.29) is 6.10 Å². The summed E-state index contributed by atoms with van der Waals surface area (Å²) in [5.41, 5.74) is 5.58. The molecule has 0 aromatic carbocycles. The average Bonchev–Trinajstić information content (AvgIpc) is 2.76. The van der Waals surface area contributed by atoms with Gasteiger partial charge in [0.15, 0.2) is 0 Å². The van der Waals surface area contributed by atoms with Crippen LogP contribution in [0.4, 0.5) is 0 Å². The van der Waals surface area contributed by atoms with Crippen LogP contribution in [0.5, 0.6) is 0 Å². The Morgan fingerprint density at radius 2 is 1.57 bits per heavy atom. The molecule has 21 heavy (non-hydrogen) atoms. The lowest BCUT2D eigenvalue weighted by atomic mass is 9.45. The van der Waals surface area contributed by atoms with E-state index >= 15 is 0 Å². The van der Waals surface area contributed by atoms with Crippen LogP contribution in [0.25, 0.3) is 0 Å². The van der Waals surface area contributed by atoms with E-state index in [1.807, 2.05) is 0 Å². The normalized spacial score (nSPS) is 60.0. The third-order valence-corrected chi connectivity index (χ3v) is 8.83. The van der Waals surface area contributed by atoms with Gasteiger partial charge in [-0.05, 0) is 80.5 Å². The molecule has 0 spiro atoms. The van der Waals surface area contributed by atoms with Gasteiger partial charge in [0.2, 0.25) is 0 Å². The molecule has 4 aliphatic carbocycles. The number of aliphatic hydroxyl groups is 1. The van der Waals surface area contributed by atoms with Crippen molar-refractivity contribution in [1.29, 1.82) is 0 Å². The molecule has 8 atom stereocenters. The van der Waals surface area contributed by atoms with Gasteiger partial charge >= 0.3 is 0 Å². The van der Waals surface area contributed by atoms with Crippen LogP contribution >= 0.6 is 0 Å². The van der Waals surface area contributed by atoms with Crippen molar-refractivity contribution in [2.45, 2.75) is 83.8 Å². The summed E-state index contributed by atoms with van der Waals surface area (Å²) in [4.78, 5) is 0. The largest absolute Gasteiger partial charge is 0.393 e. The predicted molar refractivity (Wildman–Crippen MR) is 84.4 cm³/mol. The van der Waals surface area contributed by atoms with Crippen LogP contribution in [0.2, 0.25) is 0 Å². The van der Waals surface area contributed by atoms with Crippen molar-refractivity contribution in [3.63, 3.8) is 0 Å². The average molecular weight is 292 g/mol. The first kappa shape index (κ1) is 14.5. The van der Waals surface area contributed by atoms with Gasteiger partial charge in [-0.2, -0.15) is 0 Å². The summed E-state index contributed by atoms with van der Waals surface area (Å²) in [5.74, 6) is 3.64.